The zero-order chi connectivity index (χ0) is 13.6. The van der Waals surface area contributed by atoms with Gasteiger partial charge in [0, 0.05) is 6.42 Å². The molecule has 19 heavy (non-hydrogen) atoms. The summed E-state index contributed by atoms with van der Waals surface area (Å²) in [5, 5.41) is 21.7. The quantitative estimate of drug-likeness (QED) is 0.430. The highest BCUT2D eigenvalue weighted by molar-refractivity contribution is 6.22. The number of rotatable bonds is 2. The zero-order valence-electron chi connectivity index (χ0n) is 9.90. The van der Waals surface area contributed by atoms with E-state index in [9.17, 15) is 5.11 Å². The van der Waals surface area contributed by atoms with Gasteiger partial charge in [0.25, 0.3) is 0 Å². The Morgan fingerprint density at radius 2 is 2.42 bits per heavy atom. The molecule has 3 heterocycles. The van der Waals surface area contributed by atoms with Crippen molar-refractivity contribution < 1.29 is 14.9 Å². The molecule has 1 saturated heterocycles. The first-order valence-electron chi connectivity index (χ1n) is 5.85. The fourth-order valence-electron chi connectivity index (χ4n) is 2.28. The summed E-state index contributed by atoms with van der Waals surface area (Å²) < 4.78 is 7.26. The van der Waals surface area contributed by atoms with Crippen molar-refractivity contribution in [3.8, 4) is 0 Å². The number of aliphatic hydroxyl groups excluding tert-OH is 2. The number of nitrogens with two attached hydrogens (primary N) is 1. The number of nitrogens with zero attached hydrogens (tertiary/aromatic N) is 3. The topological polar surface area (TPSA) is 118 Å². The molecular weight excluding hydrogens is 274 g/mol. The third kappa shape index (κ3) is 2.06. The Hall–Kier alpha value is -1.35. The Labute approximate surface area is 113 Å². The van der Waals surface area contributed by atoms with Crippen LogP contribution in [0.2, 0.25) is 0 Å². The predicted octanol–water partition coefficient (Wildman–Crippen LogP) is -0.499. The van der Waals surface area contributed by atoms with Crippen LogP contribution in [0, 0.1) is 0 Å². The van der Waals surface area contributed by atoms with E-state index in [2.05, 4.69) is 15.3 Å². The number of aromatic nitrogens is 2. The number of fused-ring (bicyclic) bond motifs is 1. The lowest BCUT2D eigenvalue weighted by Crippen LogP contribution is -2.29. The third-order valence-corrected chi connectivity index (χ3v) is 3.55. The molecule has 0 spiro atoms. The van der Waals surface area contributed by atoms with E-state index in [1.807, 2.05) is 0 Å². The van der Waals surface area contributed by atoms with Gasteiger partial charge >= 0.3 is 0 Å². The maximum atomic E-state index is 9.75. The Balaban J connectivity index is 1.89. The van der Waals surface area contributed by atoms with Crippen LogP contribution in [0.5, 0.6) is 0 Å². The number of ether oxygens (including phenoxy) is 1. The normalized spacial score (nSPS) is 33.7. The average molecular weight is 288 g/mol. The highest BCUT2D eigenvalue weighted by atomic mass is 35.5. The van der Waals surface area contributed by atoms with Gasteiger partial charge < -0.3 is 26.0 Å². The minimum Gasteiger partial charge on any atom is -0.394 e. The van der Waals surface area contributed by atoms with E-state index in [1.165, 1.54) is 0 Å². The second-order valence-corrected chi connectivity index (χ2v) is 4.89. The molecule has 0 saturated carbocycles. The highest BCUT2D eigenvalue weighted by Gasteiger charge is 2.37. The van der Waals surface area contributed by atoms with Gasteiger partial charge in [-0.2, -0.15) is 0 Å². The van der Waals surface area contributed by atoms with Crippen LogP contribution in [0.15, 0.2) is 11.3 Å². The molecule has 0 bridgehead atoms. The molecule has 104 valence electrons. The maximum Gasteiger partial charge on any atom is 0.196 e. The van der Waals surface area contributed by atoms with Gasteiger partial charge in [0.2, 0.25) is 0 Å². The molecular formula is C10H14ClN5O3. The summed E-state index contributed by atoms with van der Waals surface area (Å²) in [6.45, 7) is -0.232. The molecule has 8 nitrogen and oxygen atoms in total. The fraction of sp³-hybridized carbons (Fsp3) is 0.600. The van der Waals surface area contributed by atoms with Gasteiger partial charge in [-0.3, -0.25) is 4.57 Å². The van der Waals surface area contributed by atoms with E-state index in [4.69, 9.17) is 27.2 Å². The summed E-state index contributed by atoms with van der Waals surface area (Å²) in [5.41, 5.74) is 5.55. The molecule has 2 aliphatic rings. The van der Waals surface area contributed by atoms with E-state index >= 15 is 0 Å². The van der Waals surface area contributed by atoms with E-state index < -0.39 is 23.9 Å². The van der Waals surface area contributed by atoms with E-state index in [0.717, 1.165) is 0 Å². The first kappa shape index (κ1) is 12.7. The smallest absolute Gasteiger partial charge is 0.196 e. The summed E-state index contributed by atoms with van der Waals surface area (Å²) in [7, 11) is 0. The zero-order valence-corrected chi connectivity index (χ0v) is 10.7. The lowest BCUT2D eigenvalue weighted by atomic mass is 10.2. The van der Waals surface area contributed by atoms with Crippen molar-refractivity contribution in [1.29, 1.82) is 0 Å². The summed E-state index contributed by atoms with van der Waals surface area (Å²) in [6.07, 6.45) is 0.183. The van der Waals surface area contributed by atoms with Gasteiger partial charge in [-0.25, -0.2) is 9.98 Å². The van der Waals surface area contributed by atoms with Crippen molar-refractivity contribution in [3.63, 3.8) is 0 Å². The molecule has 5 N–H and O–H groups in total. The molecule has 0 radical (unpaired) electrons. The van der Waals surface area contributed by atoms with Crippen LogP contribution in [0.3, 0.4) is 0 Å². The number of imidazole rings is 1. The van der Waals surface area contributed by atoms with Crippen molar-refractivity contribution >= 4 is 23.4 Å². The Bertz CT molecular complexity index is 519. The second kappa shape index (κ2) is 4.64. The number of aliphatic imine (C=N–C) groups is 1. The summed E-state index contributed by atoms with van der Waals surface area (Å²) >= 11 is 6.03. The van der Waals surface area contributed by atoms with E-state index in [-0.39, 0.29) is 12.6 Å². The number of halogens is 1. The van der Waals surface area contributed by atoms with Crippen LogP contribution in [-0.4, -0.2) is 44.5 Å². The van der Waals surface area contributed by atoms with Gasteiger partial charge in [0.05, 0.1) is 19.0 Å². The van der Waals surface area contributed by atoms with E-state index in [0.29, 0.717) is 17.9 Å². The number of aliphatic hydroxyl groups is 2. The molecule has 9 heteroatoms. The van der Waals surface area contributed by atoms with Crippen LogP contribution < -0.4 is 11.1 Å². The Kier molecular flexibility index (Phi) is 3.09. The highest BCUT2D eigenvalue weighted by Crippen LogP contribution is 2.36. The summed E-state index contributed by atoms with van der Waals surface area (Å²) in [6, 6.07) is 0. The fourth-order valence-corrected chi connectivity index (χ4v) is 2.55. The molecule has 1 aromatic heterocycles. The number of hydrogen-bond acceptors (Lipinski definition) is 7. The Morgan fingerprint density at radius 3 is 3.11 bits per heavy atom. The predicted molar refractivity (Wildman–Crippen MR) is 67.7 cm³/mol. The van der Waals surface area contributed by atoms with Gasteiger partial charge in [-0.1, -0.05) is 11.6 Å². The monoisotopic (exact) mass is 287 g/mol. The molecule has 0 amide bonds. The standard InChI is InChI=1S/C10H14ClN5O3/c11-8-7-9(15-10(12)14-8)16(3-13-7)6-1-4(18)5(2-17)19-6/h3-6,8,17-18H,1-2H2,(H3,12,14,15). The lowest BCUT2D eigenvalue weighted by Gasteiger charge is -2.20. The number of alkyl halides is 1. The molecule has 0 aliphatic carbocycles. The van der Waals surface area contributed by atoms with Crippen molar-refractivity contribution in [2.45, 2.75) is 30.4 Å². The molecule has 1 aromatic rings. The number of guanidine groups is 1. The molecule has 3 rings (SSSR count). The van der Waals surface area contributed by atoms with Crippen molar-refractivity contribution in [3.05, 3.63) is 12.0 Å². The minimum atomic E-state index is -0.713. The summed E-state index contributed by atoms with van der Waals surface area (Å²) in [4.78, 5) is 8.13. The molecule has 0 aromatic carbocycles. The number of anilines is 1. The lowest BCUT2D eigenvalue weighted by molar-refractivity contribution is -0.0437. The maximum absolute atomic E-state index is 9.75. The first-order chi connectivity index (χ1) is 9.10. The summed E-state index contributed by atoms with van der Waals surface area (Å²) in [5.74, 6) is 0.801. The molecule has 4 atom stereocenters. The Morgan fingerprint density at radius 1 is 1.63 bits per heavy atom. The van der Waals surface area contributed by atoms with Crippen LogP contribution in [-0.2, 0) is 4.74 Å². The largest absolute Gasteiger partial charge is 0.394 e. The third-order valence-electron chi connectivity index (χ3n) is 3.24. The first-order valence-corrected chi connectivity index (χ1v) is 6.29. The van der Waals surface area contributed by atoms with Crippen molar-refractivity contribution in [2.75, 3.05) is 11.9 Å². The van der Waals surface area contributed by atoms with Crippen LogP contribution in [0.4, 0.5) is 5.82 Å². The number of hydrogen-bond donors (Lipinski definition) is 4. The van der Waals surface area contributed by atoms with E-state index in [1.54, 1.807) is 10.9 Å². The average Bonchev–Trinajstić information content (AvgIpc) is 2.92. The van der Waals surface area contributed by atoms with Gasteiger partial charge in [0.1, 0.15) is 23.8 Å². The van der Waals surface area contributed by atoms with Crippen molar-refractivity contribution in [2.24, 2.45) is 10.7 Å². The number of nitrogens with one attached hydrogen (secondary N) is 1. The van der Waals surface area contributed by atoms with Crippen LogP contribution in [0.1, 0.15) is 23.8 Å². The van der Waals surface area contributed by atoms with Crippen LogP contribution in [0.25, 0.3) is 0 Å². The van der Waals surface area contributed by atoms with Gasteiger partial charge in [-0.15, -0.1) is 0 Å². The second-order valence-electron chi connectivity index (χ2n) is 4.48. The molecule has 2 aliphatic heterocycles. The van der Waals surface area contributed by atoms with Gasteiger partial charge in [0.15, 0.2) is 11.5 Å². The van der Waals surface area contributed by atoms with Crippen LogP contribution >= 0.6 is 11.6 Å². The van der Waals surface area contributed by atoms with Crippen molar-refractivity contribution in [1.82, 2.24) is 9.55 Å². The molecule has 1 fully saturated rings. The van der Waals surface area contributed by atoms with Gasteiger partial charge in [-0.05, 0) is 0 Å². The SMILES string of the molecule is NC1=NC(Cl)c2ncn(C3CC(O)C(CO)O3)c2N1. The molecule has 4 unspecified atom stereocenters. The minimum absolute atomic E-state index is 0.200.